The lowest BCUT2D eigenvalue weighted by Crippen LogP contribution is -2.10. The van der Waals surface area contributed by atoms with Crippen LogP contribution in [0.1, 0.15) is 26.2 Å². The summed E-state index contributed by atoms with van der Waals surface area (Å²) in [5.41, 5.74) is 9.22. The number of imidazole rings is 1. The van der Waals surface area contributed by atoms with E-state index in [0.717, 1.165) is 34.4 Å². The predicted octanol–water partition coefficient (Wildman–Crippen LogP) is 3.60. The Bertz CT molecular complexity index is 805. The Morgan fingerprint density at radius 1 is 1.24 bits per heavy atom. The largest absolute Gasteiger partial charge is 0.369 e. The van der Waals surface area contributed by atoms with Gasteiger partial charge in [-0.25, -0.2) is 4.98 Å². The van der Waals surface area contributed by atoms with Crippen molar-refractivity contribution in [2.24, 2.45) is 11.8 Å². The van der Waals surface area contributed by atoms with Gasteiger partial charge in [0, 0.05) is 11.9 Å². The van der Waals surface area contributed by atoms with Crippen molar-refractivity contribution >= 4 is 27.9 Å². The second kappa shape index (κ2) is 4.72. The summed E-state index contributed by atoms with van der Waals surface area (Å²) in [4.78, 5) is 8.98. The van der Waals surface area contributed by atoms with Gasteiger partial charge in [-0.05, 0) is 30.7 Å². The molecule has 2 unspecified atom stereocenters. The molecule has 21 heavy (non-hydrogen) atoms. The van der Waals surface area contributed by atoms with E-state index in [0.29, 0.717) is 11.9 Å². The zero-order valence-corrected chi connectivity index (χ0v) is 12.3. The van der Waals surface area contributed by atoms with Crippen LogP contribution >= 0.6 is 0 Å². The van der Waals surface area contributed by atoms with E-state index in [4.69, 9.17) is 5.73 Å². The van der Waals surface area contributed by atoms with Crippen LogP contribution in [0.4, 0.5) is 5.95 Å². The molecule has 2 heterocycles. The number of fused-ring (bicyclic) bond motifs is 3. The zero-order chi connectivity index (χ0) is 14.4. The molecule has 0 radical (unpaired) electrons. The first-order chi connectivity index (χ1) is 10.2. The fraction of sp³-hybridized carbons (Fsp3) is 0.412. The minimum absolute atomic E-state index is 0.614. The van der Waals surface area contributed by atoms with Crippen LogP contribution in [0.15, 0.2) is 30.5 Å². The van der Waals surface area contributed by atoms with E-state index < -0.39 is 0 Å². The summed E-state index contributed by atoms with van der Waals surface area (Å²) < 4.78 is 2.20. The van der Waals surface area contributed by atoms with E-state index in [1.54, 1.807) is 0 Å². The molecule has 1 aromatic carbocycles. The van der Waals surface area contributed by atoms with Gasteiger partial charge in [-0.1, -0.05) is 31.5 Å². The SMILES string of the molecule is CC1CCC(Cn2c(N)nc3cnc4ccccc4c32)C1. The Morgan fingerprint density at radius 2 is 2.10 bits per heavy atom. The van der Waals surface area contributed by atoms with Gasteiger partial charge >= 0.3 is 0 Å². The van der Waals surface area contributed by atoms with E-state index in [1.807, 2.05) is 18.3 Å². The molecule has 0 aliphatic heterocycles. The number of hydrogen-bond donors (Lipinski definition) is 1. The van der Waals surface area contributed by atoms with Gasteiger partial charge in [0.1, 0.15) is 5.52 Å². The molecule has 3 aromatic rings. The smallest absolute Gasteiger partial charge is 0.201 e. The summed E-state index contributed by atoms with van der Waals surface area (Å²) >= 11 is 0. The minimum Gasteiger partial charge on any atom is -0.369 e. The molecule has 4 nitrogen and oxygen atoms in total. The lowest BCUT2D eigenvalue weighted by atomic mass is 10.1. The normalized spacial score (nSPS) is 22.3. The number of para-hydroxylation sites is 1. The third-order valence-corrected chi connectivity index (χ3v) is 4.75. The molecule has 0 spiro atoms. The number of rotatable bonds is 2. The topological polar surface area (TPSA) is 56.7 Å². The Kier molecular flexibility index (Phi) is 2.84. The van der Waals surface area contributed by atoms with Crippen molar-refractivity contribution in [1.82, 2.24) is 14.5 Å². The Balaban J connectivity index is 1.87. The quantitative estimate of drug-likeness (QED) is 0.780. The van der Waals surface area contributed by atoms with Crippen LogP contribution in [0.2, 0.25) is 0 Å². The minimum atomic E-state index is 0.614. The molecule has 0 saturated heterocycles. The molecule has 2 aromatic heterocycles. The predicted molar refractivity (Wildman–Crippen MR) is 86.0 cm³/mol. The summed E-state index contributed by atoms with van der Waals surface area (Å²) in [6.07, 6.45) is 5.76. The first-order valence-corrected chi connectivity index (χ1v) is 7.72. The van der Waals surface area contributed by atoms with Crippen LogP contribution in [-0.4, -0.2) is 14.5 Å². The van der Waals surface area contributed by atoms with E-state index in [-0.39, 0.29) is 0 Å². The summed E-state index contributed by atoms with van der Waals surface area (Å²) in [5, 5.41) is 1.14. The second-order valence-electron chi connectivity index (χ2n) is 6.37. The average Bonchev–Trinajstić information content (AvgIpc) is 3.03. The molecule has 0 amide bonds. The monoisotopic (exact) mass is 280 g/mol. The maximum Gasteiger partial charge on any atom is 0.201 e. The van der Waals surface area contributed by atoms with Crippen molar-refractivity contribution in [2.75, 3.05) is 5.73 Å². The number of pyridine rings is 1. The number of hydrogen-bond acceptors (Lipinski definition) is 3. The third kappa shape index (κ3) is 2.06. The highest BCUT2D eigenvalue weighted by Gasteiger charge is 2.23. The highest BCUT2D eigenvalue weighted by molar-refractivity contribution is 6.02. The first kappa shape index (κ1) is 12.6. The molecule has 108 valence electrons. The van der Waals surface area contributed by atoms with Crippen LogP contribution in [0, 0.1) is 11.8 Å². The zero-order valence-electron chi connectivity index (χ0n) is 12.3. The molecular formula is C17H20N4. The summed E-state index contributed by atoms with van der Waals surface area (Å²) in [6, 6.07) is 8.22. The number of anilines is 1. The molecule has 2 N–H and O–H groups in total. The van der Waals surface area contributed by atoms with E-state index in [1.165, 1.54) is 19.3 Å². The van der Waals surface area contributed by atoms with Crippen LogP contribution in [0.3, 0.4) is 0 Å². The lowest BCUT2D eigenvalue weighted by molar-refractivity contribution is 0.450. The van der Waals surface area contributed by atoms with E-state index in [9.17, 15) is 0 Å². The Labute approximate surface area is 124 Å². The third-order valence-electron chi connectivity index (χ3n) is 4.75. The van der Waals surface area contributed by atoms with Gasteiger partial charge in [-0.15, -0.1) is 0 Å². The fourth-order valence-corrected chi connectivity index (χ4v) is 3.71. The number of nitrogens with two attached hydrogens (primary N) is 1. The molecule has 2 atom stereocenters. The van der Waals surface area contributed by atoms with Gasteiger partial charge in [0.15, 0.2) is 0 Å². The molecule has 1 aliphatic carbocycles. The van der Waals surface area contributed by atoms with E-state index in [2.05, 4.69) is 33.6 Å². The average molecular weight is 280 g/mol. The highest BCUT2D eigenvalue weighted by Crippen LogP contribution is 2.34. The number of nitrogen functional groups attached to an aromatic ring is 1. The molecule has 0 bridgehead atoms. The molecule has 4 heteroatoms. The molecular weight excluding hydrogens is 260 g/mol. The lowest BCUT2D eigenvalue weighted by Gasteiger charge is -2.13. The summed E-state index contributed by atoms with van der Waals surface area (Å²) in [5.74, 6) is 2.17. The van der Waals surface area contributed by atoms with Crippen molar-refractivity contribution in [1.29, 1.82) is 0 Å². The molecule has 1 fully saturated rings. The van der Waals surface area contributed by atoms with Crippen molar-refractivity contribution in [3.8, 4) is 0 Å². The van der Waals surface area contributed by atoms with Crippen molar-refractivity contribution in [3.05, 3.63) is 30.5 Å². The molecule has 4 rings (SSSR count). The standard InChI is InChI=1S/C17H20N4/c1-11-6-7-12(8-11)10-21-16-13-4-2-3-5-14(13)19-9-15(16)20-17(21)18/h2-5,9,11-12H,6-8,10H2,1H3,(H2,18,20). The van der Waals surface area contributed by atoms with Gasteiger partial charge in [0.2, 0.25) is 5.95 Å². The highest BCUT2D eigenvalue weighted by atomic mass is 15.2. The van der Waals surface area contributed by atoms with Crippen LogP contribution in [-0.2, 0) is 6.54 Å². The molecule has 1 saturated carbocycles. The van der Waals surface area contributed by atoms with Crippen molar-refractivity contribution < 1.29 is 0 Å². The van der Waals surface area contributed by atoms with Gasteiger partial charge in [0.05, 0.1) is 17.2 Å². The van der Waals surface area contributed by atoms with Crippen LogP contribution in [0.5, 0.6) is 0 Å². The number of aromatic nitrogens is 3. The fourth-order valence-electron chi connectivity index (χ4n) is 3.71. The van der Waals surface area contributed by atoms with Gasteiger partial charge in [-0.2, -0.15) is 0 Å². The van der Waals surface area contributed by atoms with E-state index >= 15 is 0 Å². The van der Waals surface area contributed by atoms with Crippen molar-refractivity contribution in [2.45, 2.75) is 32.7 Å². The Morgan fingerprint density at radius 3 is 2.90 bits per heavy atom. The van der Waals surface area contributed by atoms with Gasteiger partial charge < -0.3 is 10.3 Å². The summed E-state index contributed by atoms with van der Waals surface area (Å²) in [7, 11) is 0. The number of nitrogens with zero attached hydrogens (tertiary/aromatic N) is 3. The summed E-state index contributed by atoms with van der Waals surface area (Å²) in [6.45, 7) is 3.31. The van der Waals surface area contributed by atoms with Gasteiger partial charge in [-0.3, -0.25) is 4.98 Å². The number of benzene rings is 1. The van der Waals surface area contributed by atoms with Crippen LogP contribution in [0.25, 0.3) is 21.9 Å². The molecule has 1 aliphatic rings. The maximum absolute atomic E-state index is 6.18. The maximum atomic E-state index is 6.18. The second-order valence-corrected chi connectivity index (χ2v) is 6.37. The Hall–Kier alpha value is -2.10. The van der Waals surface area contributed by atoms with Crippen molar-refractivity contribution in [3.63, 3.8) is 0 Å². The van der Waals surface area contributed by atoms with Gasteiger partial charge in [0.25, 0.3) is 0 Å². The van der Waals surface area contributed by atoms with Crippen LogP contribution < -0.4 is 5.73 Å². The first-order valence-electron chi connectivity index (χ1n) is 7.72.